The van der Waals surface area contributed by atoms with Crippen LogP contribution in [-0.4, -0.2) is 25.8 Å². The standard InChI is InChI=1S/C8H6N4O4/c9-7(13)4-3-10-8-6(4)5(12(15)16)1-2-11(8)14/h1-3,14H,(H2,9,13). The number of hydrogen-bond donors (Lipinski definition) is 2. The number of fused-ring (bicyclic) bond motifs is 1. The molecule has 16 heavy (non-hydrogen) atoms. The zero-order valence-corrected chi connectivity index (χ0v) is 7.82. The fourth-order valence-electron chi connectivity index (χ4n) is 1.44. The average molecular weight is 222 g/mol. The molecule has 0 radical (unpaired) electrons. The molecular weight excluding hydrogens is 216 g/mol. The molecular formula is C8H6N4O4. The molecule has 0 aromatic carbocycles. The number of hydrogen-bond acceptors (Lipinski definition) is 5. The fraction of sp³-hybridized carbons (Fsp3) is 0. The van der Waals surface area contributed by atoms with Gasteiger partial charge in [-0.2, -0.15) is 4.73 Å². The Morgan fingerprint density at radius 1 is 1.62 bits per heavy atom. The summed E-state index contributed by atoms with van der Waals surface area (Å²) in [7, 11) is 0. The van der Waals surface area contributed by atoms with Crippen LogP contribution >= 0.6 is 0 Å². The highest BCUT2D eigenvalue weighted by Crippen LogP contribution is 2.33. The highest BCUT2D eigenvalue weighted by atomic mass is 16.6. The lowest BCUT2D eigenvalue weighted by Gasteiger charge is -2.05. The van der Waals surface area contributed by atoms with Gasteiger partial charge in [0.25, 0.3) is 11.6 Å². The van der Waals surface area contributed by atoms with Gasteiger partial charge in [-0.05, 0) is 0 Å². The molecule has 2 rings (SSSR count). The topological polar surface area (TPSA) is 124 Å². The minimum Gasteiger partial charge on any atom is -0.427 e. The third kappa shape index (κ3) is 1.24. The summed E-state index contributed by atoms with van der Waals surface area (Å²) in [5.74, 6) is -0.917. The van der Waals surface area contributed by atoms with Crippen LogP contribution in [0.2, 0.25) is 0 Å². The summed E-state index contributed by atoms with van der Waals surface area (Å²) in [4.78, 5) is 24.8. The second-order valence-corrected chi connectivity index (χ2v) is 3.04. The molecule has 0 fully saturated rings. The normalized spacial score (nSPS) is 10.5. The van der Waals surface area contributed by atoms with Crippen molar-refractivity contribution in [2.24, 2.45) is 5.73 Å². The van der Waals surface area contributed by atoms with Gasteiger partial charge in [-0.15, -0.1) is 0 Å². The monoisotopic (exact) mass is 222 g/mol. The smallest absolute Gasteiger partial charge is 0.282 e. The van der Waals surface area contributed by atoms with E-state index in [2.05, 4.69) is 4.98 Å². The number of primary amides is 1. The molecule has 0 aromatic rings. The van der Waals surface area contributed by atoms with Crippen molar-refractivity contribution in [2.45, 2.75) is 0 Å². The number of aromatic nitrogens is 2. The second kappa shape index (κ2) is 3.19. The maximum Gasteiger partial charge on any atom is 0.282 e. The van der Waals surface area contributed by atoms with Gasteiger partial charge in [0, 0.05) is 12.3 Å². The van der Waals surface area contributed by atoms with E-state index >= 15 is 0 Å². The first-order chi connectivity index (χ1) is 7.52. The Labute approximate surface area is 88.4 Å². The Kier molecular flexibility index (Phi) is 1.97. The third-order valence-corrected chi connectivity index (χ3v) is 2.12. The van der Waals surface area contributed by atoms with Gasteiger partial charge in [0.15, 0.2) is 5.82 Å². The number of nitrogens with two attached hydrogens (primary N) is 1. The summed E-state index contributed by atoms with van der Waals surface area (Å²) in [6, 6.07) is 1.07. The molecule has 0 atom stereocenters. The Hall–Kier alpha value is -2.64. The van der Waals surface area contributed by atoms with Crippen molar-refractivity contribution < 1.29 is 14.9 Å². The van der Waals surface area contributed by atoms with E-state index < -0.39 is 10.8 Å². The molecule has 1 amide bonds. The molecule has 2 aliphatic rings. The first-order valence-corrected chi connectivity index (χ1v) is 4.16. The number of nitrogens with zero attached hydrogens (tertiary/aromatic N) is 3. The summed E-state index contributed by atoms with van der Waals surface area (Å²) in [6.07, 6.45) is 2.16. The maximum absolute atomic E-state index is 11.0. The van der Waals surface area contributed by atoms with E-state index in [1.165, 1.54) is 0 Å². The van der Waals surface area contributed by atoms with Crippen LogP contribution in [-0.2, 0) is 0 Å². The SMILES string of the molecule is NC(=O)c1cnc2n(O)ccc([N+](=O)[O-])c1-2. The molecule has 0 unspecified atom stereocenters. The first-order valence-electron chi connectivity index (χ1n) is 4.16. The zero-order valence-electron chi connectivity index (χ0n) is 7.82. The van der Waals surface area contributed by atoms with Gasteiger partial charge < -0.3 is 10.9 Å². The molecule has 0 aromatic heterocycles. The van der Waals surface area contributed by atoms with Crippen LogP contribution in [0.5, 0.6) is 0 Å². The van der Waals surface area contributed by atoms with Crippen molar-refractivity contribution in [1.82, 2.24) is 9.71 Å². The van der Waals surface area contributed by atoms with Gasteiger partial charge in [0.2, 0.25) is 0 Å². The molecule has 0 saturated heterocycles. The van der Waals surface area contributed by atoms with Gasteiger partial charge >= 0.3 is 0 Å². The van der Waals surface area contributed by atoms with Crippen LogP contribution in [0, 0.1) is 10.1 Å². The Morgan fingerprint density at radius 3 is 2.88 bits per heavy atom. The first kappa shape index (κ1) is 9.90. The van der Waals surface area contributed by atoms with Crippen LogP contribution in [0.3, 0.4) is 0 Å². The molecule has 2 aliphatic heterocycles. The van der Waals surface area contributed by atoms with Gasteiger partial charge in [0.1, 0.15) is 5.56 Å². The maximum atomic E-state index is 11.0. The summed E-state index contributed by atoms with van der Waals surface area (Å²) in [6.45, 7) is 0. The Bertz CT molecular complexity index is 562. The van der Waals surface area contributed by atoms with Crippen LogP contribution in [0.25, 0.3) is 11.4 Å². The van der Waals surface area contributed by atoms with E-state index in [0.29, 0.717) is 4.73 Å². The molecule has 8 heteroatoms. The average Bonchev–Trinajstić information content (AvgIpc) is 2.62. The lowest BCUT2D eigenvalue weighted by Crippen LogP contribution is -2.12. The van der Waals surface area contributed by atoms with Gasteiger partial charge in [-0.1, -0.05) is 0 Å². The number of amides is 1. The molecule has 3 N–H and O–H groups in total. The summed E-state index contributed by atoms with van der Waals surface area (Å²) >= 11 is 0. The fourth-order valence-corrected chi connectivity index (χ4v) is 1.44. The van der Waals surface area contributed by atoms with Crippen molar-refractivity contribution in [3.8, 4) is 11.4 Å². The lowest BCUT2D eigenvalue weighted by molar-refractivity contribution is -0.384. The number of rotatable bonds is 2. The van der Waals surface area contributed by atoms with Crippen molar-refractivity contribution in [1.29, 1.82) is 0 Å². The Morgan fingerprint density at radius 2 is 2.31 bits per heavy atom. The number of carbonyl (C=O) groups is 1. The van der Waals surface area contributed by atoms with Crippen molar-refractivity contribution in [3.63, 3.8) is 0 Å². The second-order valence-electron chi connectivity index (χ2n) is 3.04. The van der Waals surface area contributed by atoms with E-state index in [1.807, 2.05) is 0 Å². The van der Waals surface area contributed by atoms with Crippen LogP contribution < -0.4 is 5.73 Å². The predicted molar refractivity (Wildman–Crippen MR) is 51.2 cm³/mol. The van der Waals surface area contributed by atoms with Gasteiger partial charge in [-0.3, -0.25) is 14.9 Å². The molecule has 0 bridgehead atoms. The highest BCUT2D eigenvalue weighted by molar-refractivity contribution is 6.01. The van der Waals surface area contributed by atoms with Crippen molar-refractivity contribution >= 4 is 11.6 Å². The van der Waals surface area contributed by atoms with E-state index in [0.717, 1.165) is 18.5 Å². The largest absolute Gasteiger partial charge is 0.427 e. The predicted octanol–water partition coefficient (Wildman–Crippen LogP) is 0.232. The quantitative estimate of drug-likeness (QED) is 0.427. The minimum atomic E-state index is -0.836. The molecule has 0 spiro atoms. The highest BCUT2D eigenvalue weighted by Gasteiger charge is 2.28. The van der Waals surface area contributed by atoms with Crippen molar-refractivity contribution in [2.75, 3.05) is 0 Å². The molecule has 2 heterocycles. The van der Waals surface area contributed by atoms with Crippen LogP contribution in [0.15, 0.2) is 18.5 Å². The zero-order chi connectivity index (χ0) is 11.9. The van der Waals surface area contributed by atoms with Gasteiger partial charge in [0.05, 0.1) is 16.7 Å². The summed E-state index contributed by atoms with van der Waals surface area (Å²) < 4.78 is 0.592. The molecule has 82 valence electrons. The summed E-state index contributed by atoms with van der Waals surface area (Å²) in [5.41, 5.74) is 4.56. The summed E-state index contributed by atoms with van der Waals surface area (Å²) in [5, 5.41) is 20.1. The molecule has 0 saturated carbocycles. The van der Waals surface area contributed by atoms with Crippen molar-refractivity contribution in [3.05, 3.63) is 34.1 Å². The lowest BCUT2D eigenvalue weighted by atomic mass is 10.1. The van der Waals surface area contributed by atoms with Crippen LogP contribution in [0.1, 0.15) is 10.4 Å². The molecule has 8 nitrogen and oxygen atoms in total. The number of carbonyl (C=O) groups excluding carboxylic acids is 1. The van der Waals surface area contributed by atoms with E-state index in [4.69, 9.17) is 5.73 Å². The number of nitro groups is 1. The Balaban J connectivity index is 2.82. The van der Waals surface area contributed by atoms with E-state index in [-0.39, 0.29) is 22.6 Å². The minimum absolute atomic E-state index is 0.0671. The number of pyridine rings is 1. The van der Waals surface area contributed by atoms with E-state index in [1.54, 1.807) is 0 Å². The molecule has 0 aliphatic carbocycles. The van der Waals surface area contributed by atoms with E-state index in [9.17, 15) is 20.1 Å². The van der Waals surface area contributed by atoms with Gasteiger partial charge in [-0.25, -0.2) is 4.98 Å². The third-order valence-electron chi connectivity index (χ3n) is 2.12. The van der Waals surface area contributed by atoms with Crippen LogP contribution in [0.4, 0.5) is 5.69 Å².